The molecule has 4 heteroatoms. The van der Waals surface area contributed by atoms with Crippen LogP contribution in [0.2, 0.25) is 0 Å². The van der Waals surface area contributed by atoms with Crippen LogP contribution in [0.3, 0.4) is 0 Å². The van der Waals surface area contributed by atoms with Gasteiger partial charge in [-0.15, -0.1) is 0 Å². The minimum Gasteiger partial charge on any atom is -0.384 e. The number of methoxy groups -OCH3 is 1. The molecule has 0 fully saturated rings. The third kappa shape index (κ3) is 4.10. The molecule has 0 aliphatic heterocycles. The summed E-state index contributed by atoms with van der Waals surface area (Å²) in [5, 5.41) is 7.74. The molecule has 0 amide bonds. The monoisotopic (exact) mass is 259 g/mol. The molecule has 0 saturated heterocycles. The van der Waals surface area contributed by atoms with Crippen molar-refractivity contribution in [2.45, 2.75) is 13.5 Å². The maximum Gasteiger partial charge on any atom is 0.0679 e. The number of nitrogens with one attached hydrogen (secondary N) is 1. The molecule has 1 atom stereocenters. The molecule has 0 bridgehead atoms. The lowest BCUT2D eigenvalue weighted by molar-refractivity contribution is 0.164. The second kappa shape index (κ2) is 6.95. The van der Waals surface area contributed by atoms with Crippen LogP contribution in [0.15, 0.2) is 42.7 Å². The highest BCUT2D eigenvalue weighted by Crippen LogP contribution is 2.16. The van der Waals surface area contributed by atoms with Gasteiger partial charge in [-0.05, 0) is 23.6 Å². The van der Waals surface area contributed by atoms with E-state index in [0.717, 1.165) is 19.7 Å². The Balaban J connectivity index is 2.00. The van der Waals surface area contributed by atoms with Crippen molar-refractivity contribution in [2.24, 2.45) is 5.92 Å². The maximum absolute atomic E-state index is 5.15. The number of hydrogen-bond acceptors (Lipinski definition) is 3. The van der Waals surface area contributed by atoms with Crippen molar-refractivity contribution < 1.29 is 4.74 Å². The number of rotatable bonds is 7. The second-order valence-corrected chi connectivity index (χ2v) is 4.80. The fourth-order valence-corrected chi connectivity index (χ4v) is 2.03. The number of benzene rings is 1. The summed E-state index contributed by atoms with van der Waals surface area (Å²) in [6.07, 6.45) is 3.78. The average Bonchev–Trinajstić information content (AvgIpc) is 2.91. The van der Waals surface area contributed by atoms with E-state index in [-0.39, 0.29) is 0 Å². The highest BCUT2D eigenvalue weighted by molar-refractivity contribution is 5.51. The van der Waals surface area contributed by atoms with E-state index in [2.05, 4.69) is 41.6 Å². The minimum atomic E-state index is 0.489. The van der Waals surface area contributed by atoms with Crippen molar-refractivity contribution in [2.75, 3.05) is 25.6 Å². The number of hydrogen-bond donors (Lipinski definition) is 1. The summed E-state index contributed by atoms with van der Waals surface area (Å²) in [6.45, 7) is 4.64. The van der Waals surface area contributed by atoms with Crippen molar-refractivity contribution in [1.82, 2.24) is 9.78 Å². The van der Waals surface area contributed by atoms with Gasteiger partial charge in [0.05, 0.1) is 13.2 Å². The molecule has 0 radical (unpaired) electrons. The zero-order valence-electron chi connectivity index (χ0n) is 11.5. The Labute approximate surface area is 114 Å². The highest BCUT2D eigenvalue weighted by Gasteiger charge is 2.05. The zero-order valence-corrected chi connectivity index (χ0v) is 11.5. The van der Waals surface area contributed by atoms with E-state index in [1.807, 2.05) is 16.9 Å². The van der Waals surface area contributed by atoms with Gasteiger partial charge in [-0.2, -0.15) is 5.10 Å². The minimum absolute atomic E-state index is 0.489. The molecule has 1 aromatic heterocycles. The van der Waals surface area contributed by atoms with E-state index in [1.54, 1.807) is 13.3 Å². The van der Waals surface area contributed by atoms with Gasteiger partial charge in [-0.1, -0.05) is 25.1 Å². The van der Waals surface area contributed by atoms with E-state index in [9.17, 15) is 0 Å². The number of nitrogens with zero attached hydrogens (tertiary/aromatic N) is 2. The lowest BCUT2D eigenvalue weighted by atomic mass is 10.1. The van der Waals surface area contributed by atoms with Gasteiger partial charge in [0.15, 0.2) is 0 Å². The summed E-state index contributed by atoms with van der Waals surface area (Å²) in [5.74, 6) is 0.489. The molecule has 1 heterocycles. The van der Waals surface area contributed by atoms with Gasteiger partial charge in [0.25, 0.3) is 0 Å². The van der Waals surface area contributed by atoms with Gasteiger partial charge >= 0.3 is 0 Å². The smallest absolute Gasteiger partial charge is 0.0679 e. The first-order chi connectivity index (χ1) is 9.29. The van der Waals surface area contributed by atoms with Crippen molar-refractivity contribution in [3.8, 4) is 0 Å². The molecule has 0 aliphatic carbocycles. The first-order valence-electron chi connectivity index (χ1n) is 6.57. The summed E-state index contributed by atoms with van der Waals surface area (Å²) in [5.41, 5.74) is 2.41. The Morgan fingerprint density at radius 2 is 2.16 bits per heavy atom. The Kier molecular flexibility index (Phi) is 4.98. The molecule has 0 aliphatic rings. The lowest BCUT2D eigenvalue weighted by Gasteiger charge is -2.15. The molecular formula is C15H21N3O. The van der Waals surface area contributed by atoms with Crippen LogP contribution in [-0.4, -0.2) is 30.0 Å². The second-order valence-electron chi connectivity index (χ2n) is 4.80. The normalized spacial score (nSPS) is 12.3. The van der Waals surface area contributed by atoms with Crippen molar-refractivity contribution in [1.29, 1.82) is 0 Å². The van der Waals surface area contributed by atoms with Crippen LogP contribution in [-0.2, 0) is 11.3 Å². The van der Waals surface area contributed by atoms with Crippen molar-refractivity contribution in [3.63, 3.8) is 0 Å². The highest BCUT2D eigenvalue weighted by atomic mass is 16.5. The first-order valence-corrected chi connectivity index (χ1v) is 6.57. The molecule has 1 N–H and O–H groups in total. The van der Waals surface area contributed by atoms with Gasteiger partial charge < -0.3 is 10.1 Å². The molecule has 0 saturated carbocycles. The molecule has 1 aromatic carbocycles. The molecule has 1 unspecified atom stereocenters. The van der Waals surface area contributed by atoms with Gasteiger partial charge in [0.1, 0.15) is 0 Å². The van der Waals surface area contributed by atoms with Crippen LogP contribution in [0.25, 0.3) is 0 Å². The summed E-state index contributed by atoms with van der Waals surface area (Å²) >= 11 is 0. The van der Waals surface area contributed by atoms with E-state index < -0.39 is 0 Å². The van der Waals surface area contributed by atoms with Gasteiger partial charge in [-0.3, -0.25) is 4.68 Å². The van der Waals surface area contributed by atoms with Crippen LogP contribution in [0, 0.1) is 5.92 Å². The van der Waals surface area contributed by atoms with Crippen molar-refractivity contribution in [3.05, 3.63) is 48.3 Å². The predicted octanol–water partition coefficient (Wildman–Crippen LogP) is 2.63. The van der Waals surface area contributed by atoms with E-state index in [0.29, 0.717) is 5.92 Å². The topological polar surface area (TPSA) is 39.1 Å². The molecule has 0 spiro atoms. The molecule has 2 aromatic rings. The van der Waals surface area contributed by atoms with E-state index >= 15 is 0 Å². The van der Waals surface area contributed by atoms with Crippen LogP contribution in [0.5, 0.6) is 0 Å². The van der Waals surface area contributed by atoms with Gasteiger partial charge in [0, 0.05) is 31.7 Å². The van der Waals surface area contributed by atoms with E-state index in [1.165, 1.54) is 11.3 Å². The molecule has 102 valence electrons. The van der Waals surface area contributed by atoms with Gasteiger partial charge in [-0.25, -0.2) is 0 Å². The van der Waals surface area contributed by atoms with Crippen molar-refractivity contribution >= 4 is 5.69 Å². The van der Waals surface area contributed by atoms with Crippen LogP contribution < -0.4 is 5.32 Å². The first kappa shape index (κ1) is 13.6. The third-order valence-corrected chi connectivity index (χ3v) is 3.00. The summed E-state index contributed by atoms with van der Waals surface area (Å²) in [4.78, 5) is 0. The SMILES string of the molecule is COCC(C)CNc1ccccc1Cn1cccn1. The Bertz CT molecular complexity index is 482. The Morgan fingerprint density at radius 1 is 1.32 bits per heavy atom. The van der Waals surface area contributed by atoms with Crippen LogP contribution in [0.1, 0.15) is 12.5 Å². The fraction of sp³-hybridized carbons (Fsp3) is 0.400. The quantitative estimate of drug-likeness (QED) is 0.830. The fourth-order valence-electron chi connectivity index (χ4n) is 2.03. The number of anilines is 1. The number of para-hydroxylation sites is 1. The summed E-state index contributed by atoms with van der Waals surface area (Å²) in [6, 6.07) is 10.3. The largest absolute Gasteiger partial charge is 0.384 e. The summed E-state index contributed by atoms with van der Waals surface area (Å²) in [7, 11) is 1.74. The number of ether oxygens (including phenoxy) is 1. The summed E-state index contributed by atoms with van der Waals surface area (Å²) < 4.78 is 7.08. The molecule has 4 nitrogen and oxygen atoms in total. The van der Waals surface area contributed by atoms with Crippen LogP contribution in [0.4, 0.5) is 5.69 Å². The number of aromatic nitrogens is 2. The predicted molar refractivity (Wildman–Crippen MR) is 77.3 cm³/mol. The Hall–Kier alpha value is -1.81. The van der Waals surface area contributed by atoms with E-state index in [4.69, 9.17) is 4.74 Å². The molecule has 19 heavy (non-hydrogen) atoms. The average molecular weight is 259 g/mol. The molecule has 2 rings (SSSR count). The maximum atomic E-state index is 5.15. The van der Waals surface area contributed by atoms with Gasteiger partial charge in [0.2, 0.25) is 0 Å². The molecular weight excluding hydrogens is 238 g/mol. The zero-order chi connectivity index (χ0) is 13.5. The Morgan fingerprint density at radius 3 is 2.89 bits per heavy atom. The third-order valence-electron chi connectivity index (χ3n) is 3.00. The lowest BCUT2D eigenvalue weighted by Crippen LogP contribution is -2.17. The van der Waals surface area contributed by atoms with Crippen LogP contribution >= 0.6 is 0 Å². The standard InChI is InChI=1S/C15H21N3O/c1-13(12-19-2)10-16-15-7-4-3-6-14(15)11-18-9-5-8-17-18/h3-9,13,16H,10-12H2,1-2H3.